The number of nitrogens with zero attached hydrogens (tertiary/aromatic N) is 2. The van der Waals surface area contributed by atoms with Gasteiger partial charge in [-0.25, -0.2) is 4.79 Å². The average molecular weight is 223 g/mol. The van der Waals surface area contributed by atoms with Gasteiger partial charge in [-0.15, -0.1) is 0 Å². The maximum absolute atomic E-state index is 11.2. The second-order valence-electron chi connectivity index (χ2n) is 4.29. The van der Waals surface area contributed by atoms with Crippen LogP contribution in [0.25, 0.3) is 0 Å². The lowest BCUT2D eigenvalue weighted by atomic mass is 10.1. The van der Waals surface area contributed by atoms with Crippen LogP contribution in [-0.2, 0) is 0 Å². The Labute approximate surface area is 94.5 Å². The number of nitrogens with one attached hydrogen (secondary N) is 1. The highest BCUT2D eigenvalue weighted by Crippen LogP contribution is 2.23. The Morgan fingerprint density at radius 1 is 1.44 bits per heavy atom. The van der Waals surface area contributed by atoms with Gasteiger partial charge in [0.25, 0.3) is 0 Å². The number of aromatic nitrogens is 2. The van der Waals surface area contributed by atoms with E-state index < -0.39 is 5.97 Å². The second kappa shape index (κ2) is 4.25. The molecule has 16 heavy (non-hydrogen) atoms. The molecule has 0 aromatic carbocycles. The van der Waals surface area contributed by atoms with Gasteiger partial charge in [-0.1, -0.05) is 0 Å². The van der Waals surface area contributed by atoms with Crippen molar-refractivity contribution < 1.29 is 9.90 Å². The number of carboxylic acids is 1. The quantitative estimate of drug-likeness (QED) is 0.788. The van der Waals surface area contributed by atoms with Crippen LogP contribution in [0.1, 0.15) is 40.6 Å². The minimum atomic E-state index is -0.878. The molecule has 1 aliphatic heterocycles. The predicted octanol–water partition coefficient (Wildman–Crippen LogP) is 1.12. The number of hydrogen-bond donors (Lipinski definition) is 2. The van der Waals surface area contributed by atoms with Crippen molar-refractivity contribution in [1.29, 1.82) is 0 Å². The zero-order chi connectivity index (χ0) is 11.7. The Kier molecular flexibility index (Phi) is 2.96. The van der Waals surface area contributed by atoms with Gasteiger partial charge in [0.1, 0.15) is 5.69 Å². The first-order chi connectivity index (χ1) is 7.61. The highest BCUT2D eigenvalue weighted by Gasteiger charge is 2.24. The summed E-state index contributed by atoms with van der Waals surface area (Å²) < 4.78 is 1.70. The van der Waals surface area contributed by atoms with Crippen molar-refractivity contribution in [3.8, 4) is 0 Å². The van der Waals surface area contributed by atoms with Gasteiger partial charge in [-0.2, -0.15) is 5.10 Å². The molecule has 0 amide bonds. The molecule has 0 aliphatic carbocycles. The first-order valence-corrected chi connectivity index (χ1v) is 5.61. The monoisotopic (exact) mass is 223 g/mol. The summed E-state index contributed by atoms with van der Waals surface area (Å²) in [6, 6.07) is 0.222. The average Bonchev–Trinajstić information content (AvgIpc) is 2.57. The van der Waals surface area contributed by atoms with Gasteiger partial charge >= 0.3 is 5.97 Å². The fourth-order valence-electron chi connectivity index (χ4n) is 2.20. The Bertz CT molecular complexity index is 406. The molecule has 1 aliphatic rings. The minimum absolute atomic E-state index is 0.222. The molecular weight excluding hydrogens is 206 g/mol. The molecule has 0 bridgehead atoms. The van der Waals surface area contributed by atoms with Gasteiger partial charge in [0.2, 0.25) is 0 Å². The van der Waals surface area contributed by atoms with Gasteiger partial charge in [0.05, 0.1) is 11.7 Å². The van der Waals surface area contributed by atoms with Crippen LogP contribution in [0.5, 0.6) is 0 Å². The van der Waals surface area contributed by atoms with Gasteiger partial charge in [0, 0.05) is 5.56 Å². The molecule has 0 saturated carbocycles. The van der Waals surface area contributed by atoms with Crippen molar-refractivity contribution in [3.05, 3.63) is 17.0 Å². The number of rotatable bonds is 2. The molecule has 0 unspecified atom stereocenters. The van der Waals surface area contributed by atoms with Crippen LogP contribution in [-0.4, -0.2) is 33.9 Å². The van der Waals surface area contributed by atoms with E-state index in [1.807, 2.05) is 13.8 Å². The van der Waals surface area contributed by atoms with Crippen LogP contribution in [0.2, 0.25) is 0 Å². The molecule has 2 heterocycles. The maximum atomic E-state index is 11.2. The third-order valence-electron chi connectivity index (χ3n) is 3.24. The predicted molar refractivity (Wildman–Crippen MR) is 59.8 cm³/mol. The Morgan fingerprint density at radius 2 is 2.06 bits per heavy atom. The second-order valence-corrected chi connectivity index (χ2v) is 4.29. The SMILES string of the molecule is Cc1nn(C2CCNCC2)c(C(=O)O)c1C. The van der Waals surface area contributed by atoms with Gasteiger partial charge < -0.3 is 10.4 Å². The summed E-state index contributed by atoms with van der Waals surface area (Å²) >= 11 is 0. The van der Waals surface area contributed by atoms with E-state index in [2.05, 4.69) is 10.4 Å². The van der Waals surface area contributed by atoms with E-state index in [9.17, 15) is 9.90 Å². The van der Waals surface area contributed by atoms with Gasteiger partial charge in [0.15, 0.2) is 0 Å². The molecule has 1 aromatic heterocycles. The van der Waals surface area contributed by atoms with E-state index in [0.717, 1.165) is 37.2 Å². The van der Waals surface area contributed by atoms with Gasteiger partial charge in [-0.3, -0.25) is 4.68 Å². The van der Waals surface area contributed by atoms with Crippen molar-refractivity contribution in [3.63, 3.8) is 0 Å². The minimum Gasteiger partial charge on any atom is -0.477 e. The summed E-state index contributed by atoms with van der Waals surface area (Å²) in [5, 5.41) is 16.8. The topological polar surface area (TPSA) is 67.2 Å². The number of hydrogen-bond acceptors (Lipinski definition) is 3. The first-order valence-electron chi connectivity index (χ1n) is 5.61. The Hall–Kier alpha value is -1.36. The fourth-order valence-corrected chi connectivity index (χ4v) is 2.20. The number of aromatic carboxylic acids is 1. The molecule has 1 fully saturated rings. The number of piperidine rings is 1. The van der Waals surface area contributed by atoms with E-state index in [1.165, 1.54) is 0 Å². The number of carboxylic acid groups (broad SMARTS) is 1. The molecular formula is C11H17N3O2. The highest BCUT2D eigenvalue weighted by atomic mass is 16.4. The summed E-state index contributed by atoms with van der Waals surface area (Å²) in [7, 11) is 0. The summed E-state index contributed by atoms with van der Waals surface area (Å²) in [5.41, 5.74) is 1.95. The van der Waals surface area contributed by atoms with E-state index >= 15 is 0 Å². The smallest absolute Gasteiger partial charge is 0.354 e. The zero-order valence-corrected chi connectivity index (χ0v) is 9.66. The largest absolute Gasteiger partial charge is 0.477 e. The molecule has 88 valence electrons. The maximum Gasteiger partial charge on any atom is 0.354 e. The van der Waals surface area contributed by atoms with Crippen molar-refractivity contribution in [2.24, 2.45) is 0 Å². The van der Waals surface area contributed by atoms with Gasteiger partial charge in [-0.05, 0) is 39.8 Å². The molecule has 0 radical (unpaired) electrons. The lowest BCUT2D eigenvalue weighted by Gasteiger charge is -2.24. The van der Waals surface area contributed by atoms with Crippen LogP contribution in [0.3, 0.4) is 0 Å². The molecule has 0 spiro atoms. The van der Waals surface area contributed by atoms with Crippen LogP contribution in [0, 0.1) is 13.8 Å². The normalized spacial score (nSPS) is 17.6. The third kappa shape index (κ3) is 1.82. The summed E-state index contributed by atoms with van der Waals surface area (Å²) in [4.78, 5) is 11.2. The van der Waals surface area contributed by atoms with E-state index in [1.54, 1.807) is 4.68 Å². The number of aryl methyl sites for hydroxylation is 1. The molecule has 2 rings (SSSR count). The standard InChI is InChI=1S/C11H17N3O2/c1-7-8(2)13-14(10(7)11(15)16)9-3-5-12-6-4-9/h9,12H,3-6H2,1-2H3,(H,15,16). The van der Waals surface area contributed by atoms with E-state index in [4.69, 9.17) is 0 Å². The van der Waals surface area contributed by atoms with E-state index in [-0.39, 0.29) is 6.04 Å². The highest BCUT2D eigenvalue weighted by molar-refractivity contribution is 5.87. The zero-order valence-electron chi connectivity index (χ0n) is 9.66. The third-order valence-corrected chi connectivity index (χ3v) is 3.24. The van der Waals surface area contributed by atoms with E-state index in [0.29, 0.717) is 5.69 Å². The lowest BCUT2D eigenvalue weighted by Crippen LogP contribution is -2.31. The summed E-state index contributed by atoms with van der Waals surface area (Å²) in [6.07, 6.45) is 1.89. The first kappa shape index (κ1) is 11.1. The molecule has 5 heteroatoms. The van der Waals surface area contributed by atoms with Crippen LogP contribution >= 0.6 is 0 Å². The summed E-state index contributed by atoms with van der Waals surface area (Å²) in [6.45, 7) is 5.55. The van der Waals surface area contributed by atoms with Crippen molar-refractivity contribution in [2.75, 3.05) is 13.1 Å². The fraction of sp³-hybridized carbons (Fsp3) is 0.636. The molecule has 1 saturated heterocycles. The van der Waals surface area contributed by atoms with Crippen LogP contribution in [0.4, 0.5) is 0 Å². The summed E-state index contributed by atoms with van der Waals surface area (Å²) in [5.74, 6) is -0.878. The van der Waals surface area contributed by atoms with Crippen molar-refractivity contribution >= 4 is 5.97 Å². The molecule has 2 N–H and O–H groups in total. The Balaban J connectivity index is 2.38. The van der Waals surface area contributed by atoms with Crippen LogP contribution < -0.4 is 5.32 Å². The molecule has 1 aromatic rings. The van der Waals surface area contributed by atoms with Crippen molar-refractivity contribution in [2.45, 2.75) is 32.7 Å². The Morgan fingerprint density at radius 3 is 2.62 bits per heavy atom. The van der Waals surface area contributed by atoms with Crippen molar-refractivity contribution in [1.82, 2.24) is 15.1 Å². The molecule has 0 atom stereocenters. The molecule has 5 nitrogen and oxygen atoms in total. The van der Waals surface area contributed by atoms with Crippen LogP contribution in [0.15, 0.2) is 0 Å². The number of carbonyl (C=O) groups is 1. The lowest BCUT2D eigenvalue weighted by molar-refractivity contribution is 0.0677.